The summed E-state index contributed by atoms with van der Waals surface area (Å²) in [6.45, 7) is 2.00. The fourth-order valence-corrected chi connectivity index (χ4v) is 3.27. The molecule has 0 saturated heterocycles. The molecule has 1 aromatic carbocycles. The van der Waals surface area contributed by atoms with E-state index in [0.29, 0.717) is 31.2 Å². The van der Waals surface area contributed by atoms with E-state index in [2.05, 4.69) is 11.1 Å². The van der Waals surface area contributed by atoms with Crippen LogP contribution in [0.15, 0.2) is 30.5 Å². The summed E-state index contributed by atoms with van der Waals surface area (Å²) in [5.41, 5.74) is 2.49. The van der Waals surface area contributed by atoms with Gasteiger partial charge in [-0.05, 0) is 24.5 Å². The summed E-state index contributed by atoms with van der Waals surface area (Å²) >= 11 is 0. The number of carbonyl (C=O) groups excluding carboxylic acids is 2. The van der Waals surface area contributed by atoms with Crippen molar-refractivity contribution in [2.75, 3.05) is 25.0 Å². The zero-order chi connectivity index (χ0) is 16.0. The van der Waals surface area contributed by atoms with Gasteiger partial charge in [-0.2, -0.15) is 0 Å². The van der Waals surface area contributed by atoms with Crippen LogP contribution in [-0.4, -0.2) is 46.4 Å². The van der Waals surface area contributed by atoms with E-state index in [-0.39, 0.29) is 11.8 Å². The third-order valence-corrected chi connectivity index (χ3v) is 4.57. The predicted molar refractivity (Wildman–Crippen MR) is 85.6 cm³/mol. The molecule has 0 spiro atoms. The average molecular weight is 310 g/mol. The molecule has 3 heterocycles. The molecule has 6 heteroatoms. The Morgan fingerprint density at radius 1 is 1.17 bits per heavy atom. The summed E-state index contributed by atoms with van der Waals surface area (Å²) in [4.78, 5) is 32.8. The number of likely N-dealkylation sites (N-methyl/N-ethyl adjacent to an activating group) is 1. The maximum Gasteiger partial charge on any atom is 0.289 e. The second kappa shape index (κ2) is 5.22. The largest absolute Gasteiger partial charge is 0.337 e. The molecule has 2 amide bonds. The SMILES string of the molecule is CN1CCn2cc(C(=O)N3CCCc4ccccc43)nc2C1=O. The van der Waals surface area contributed by atoms with Crippen LogP contribution in [0.4, 0.5) is 5.69 Å². The molecule has 0 fully saturated rings. The number of aromatic nitrogens is 2. The van der Waals surface area contributed by atoms with Gasteiger partial charge in [-0.1, -0.05) is 18.2 Å². The topological polar surface area (TPSA) is 58.4 Å². The van der Waals surface area contributed by atoms with Crippen LogP contribution in [0.2, 0.25) is 0 Å². The summed E-state index contributed by atoms with van der Waals surface area (Å²) in [6, 6.07) is 7.98. The second-order valence-corrected chi connectivity index (χ2v) is 6.06. The van der Waals surface area contributed by atoms with Gasteiger partial charge in [0, 0.05) is 38.6 Å². The minimum Gasteiger partial charge on any atom is -0.337 e. The summed E-state index contributed by atoms with van der Waals surface area (Å²) in [7, 11) is 1.75. The number of amides is 2. The van der Waals surface area contributed by atoms with Crippen molar-refractivity contribution in [3.8, 4) is 0 Å². The van der Waals surface area contributed by atoms with Crippen molar-refractivity contribution < 1.29 is 9.59 Å². The Labute approximate surface area is 134 Å². The average Bonchev–Trinajstić information content (AvgIpc) is 3.02. The normalized spacial score (nSPS) is 17.0. The van der Waals surface area contributed by atoms with Crippen LogP contribution in [0.3, 0.4) is 0 Å². The van der Waals surface area contributed by atoms with Crippen LogP contribution in [-0.2, 0) is 13.0 Å². The van der Waals surface area contributed by atoms with E-state index >= 15 is 0 Å². The molecule has 0 atom stereocenters. The summed E-state index contributed by atoms with van der Waals surface area (Å²) < 4.78 is 1.78. The van der Waals surface area contributed by atoms with Crippen molar-refractivity contribution in [3.63, 3.8) is 0 Å². The van der Waals surface area contributed by atoms with Gasteiger partial charge in [0.1, 0.15) is 5.69 Å². The lowest BCUT2D eigenvalue weighted by molar-refractivity contribution is 0.0741. The quantitative estimate of drug-likeness (QED) is 0.803. The molecule has 0 bridgehead atoms. The number of nitrogens with zero attached hydrogens (tertiary/aromatic N) is 4. The number of imidazole rings is 1. The molecule has 0 radical (unpaired) electrons. The maximum absolute atomic E-state index is 12.9. The van der Waals surface area contributed by atoms with E-state index in [1.807, 2.05) is 18.2 Å². The lowest BCUT2D eigenvalue weighted by Crippen LogP contribution is -2.37. The minimum atomic E-state index is -0.130. The lowest BCUT2D eigenvalue weighted by Gasteiger charge is -2.28. The van der Waals surface area contributed by atoms with E-state index < -0.39 is 0 Å². The first-order valence-corrected chi connectivity index (χ1v) is 7.87. The highest BCUT2D eigenvalue weighted by Crippen LogP contribution is 2.28. The third-order valence-electron chi connectivity index (χ3n) is 4.57. The molecule has 6 nitrogen and oxygen atoms in total. The Morgan fingerprint density at radius 2 is 2.00 bits per heavy atom. The fraction of sp³-hybridized carbons (Fsp3) is 0.353. The van der Waals surface area contributed by atoms with E-state index in [4.69, 9.17) is 0 Å². The minimum absolute atomic E-state index is 0.130. The molecular weight excluding hydrogens is 292 g/mol. The molecule has 4 rings (SSSR count). The molecule has 0 saturated carbocycles. The first-order valence-electron chi connectivity index (χ1n) is 7.87. The molecule has 23 heavy (non-hydrogen) atoms. The predicted octanol–water partition coefficient (Wildman–Crippen LogP) is 1.56. The van der Waals surface area contributed by atoms with Gasteiger partial charge in [-0.25, -0.2) is 4.98 Å². The number of anilines is 1. The Kier molecular flexibility index (Phi) is 3.18. The Morgan fingerprint density at radius 3 is 2.87 bits per heavy atom. The highest BCUT2D eigenvalue weighted by atomic mass is 16.2. The molecule has 2 aliphatic rings. The molecule has 0 unspecified atom stereocenters. The van der Waals surface area contributed by atoms with E-state index in [1.54, 1.807) is 27.6 Å². The molecular formula is C17H18N4O2. The lowest BCUT2D eigenvalue weighted by atomic mass is 10.0. The van der Waals surface area contributed by atoms with Crippen molar-refractivity contribution in [2.24, 2.45) is 0 Å². The first kappa shape index (κ1) is 14.0. The monoisotopic (exact) mass is 310 g/mol. The number of rotatable bonds is 1. The Hall–Kier alpha value is -2.63. The van der Waals surface area contributed by atoms with Crippen LogP contribution in [0.25, 0.3) is 0 Å². The summed E-state index contributed by atoms with van der Waals surface area (Å²) in [5, 5.41) is 0. The molecule has 0 N–H and O–H groups in total. The zero-order valence-corrected chi connectivity index (χ0v) is 13.0. The molecule has 118 valence electrons. The van der Waals surface area contributed by atoms with Gasteiger partial charge in [-0.3, -0.25) is 9.59 Å². The summed E-state index contributed by atoms with van der Waals surface area (Å²) in [6.07, 6.45) is 3.64. The van der Waals surface area contributed by atoms with Crippen LogP contribution >= 0.6 is 0 Å². The van der Waals surface area contributed by atoms with Crippen molar-refractivity contribution in [2.45, 2.75) is 19.4 Å². The number of hydrogen-bond acceptors (Lipinski definition) is 3. The Bertz CT molecular complexity index is 796. The number of fused-ring (bicyclic) bond motifs is 2. The van der Waals surface area contributed by atoms with Gasteiger partial charge in [-0.15, -0.1) is 0 Å². The fourth-order valence-electron chi connectivity index (χ4n) is 3.27. The van der Waals surface area contributed by atoms with Gasteiger partial charge >= 0.3 is 0 Å². The zero-order valence-electron chi connectivity index (χ0n) is 13.0. The second-order valence-electron chi connectivity index (χ2n) is 6.06. The number of para-hydroxylation sites is 1. The Balaban J connectivity index is 1.69. The number of benzene rings is 1. The van der Waals surface area contributed by atoms with Crippen molar-refractivity contribution in [1.29, 1.82) is 0 Å². The van der Waals surface area contributed by atoms with E-state index in [9.17, 15) is 9.59 Å². The maximum atomic E-state index is 12.9. The van der Waals surface area contributed by atoms with Gasteiger partial charge in [0.15, 0.2) is 5.82 Å². The highest BCUT2D eigenvalue weighted by Gasteiger charge is 2.29. The smallest absolute Gasteiger partial charge is 0.289 e. The molecule has 0 aliphatic carbocycles. The molecule has 1 aromatic heterocycles. The standard InChI is InChI=1S/C17H18N4O2/c1-19-9-10-20-11-13(18-15(20)17(19)23)16(22)21-8-4-6-12-5-2-3-7-14(12)21/h2-3,5,7,11H,4,6,8-10H2,1H3. The van der Waals surface area contributed by atoms with Gasteiger partial charge in [0.2, 0.25) is 0 Å². The first-order chi connectivity index (χ1) is 11.1. The molecule has 2 aromatic rings. The summed E-state index contributed by atoms with van der Waals surface area (Å²) in [5.74, 6) is 0.0937. The van der Waals surface area contributed by atoms with E-state index in [0.717, 1.165) is 18.5 Å². The number of hydrogen-bond donors (Lipinski definition) is 0. The van der Waals surface area contributed by atoms with Crippen LogP contribution in [0.1, 0.15) is 33.1 Å². The van der Waals surface area contributed by atoms with Crippen molar-refractivity contribution in [1.82, 2.24) is 14.5 Å². The van der Waals surface area contributed by atoms with Crippen LogP contribution in [0.5, 0.6) is 0 Å². The van der Waals surface area contributed by atoms with Crippen LogP contribution < -0.4 is 4.90 Å². The molecule has 2 aliphatic heterocycles. The van der Waals surface area contributed by atoms with Crippen LogP contribution in [0, 0.1) is 0 Å². The van der Waals surface area contributed by atoms with Gasteiger partial charge < -0.3 is 14.4 Å². The van der Waals surface area contributed by atoms with Crippen molar-refractivity contribution >= 4 is 17.5 Å². The van der Waals surface area contributed by atoms with E-state index in [1.165, 1.54) is 5.56 Å². The highest BCUT2D eigenvalue weighted by molar-refractivity contribution is 6.06. The third kappa shape index (κ3) is 2.21. The van der Waals surface area contributed by atoms with Gasteiger partial charge in [0.25, 0.3) is 11.8 Å². The van der Waals surface area contributed by atoms with Gasteiger partial charge in [0.05, 0.1) is 0 Å². The number of carbonyl (C=O) groups is 2. The number of aryl methyl sites for hydroxylation is 1. The van der Waals surface area contributed by atoms with Crippen molar-refractivity contribution in [3.05, 3.63) is 47.5 Å².